The van der Waals surface area contributed by atoms with Crippen LogP contribution in [0.1, 0.15) is 145 Å². The summed E-state index contributed by atoms with van der Waals surface area (Å²) in [5.74, 6) is 0. The lowest BCUT2D eigenvalue weighted by Crippen LogP contribution is -2.02. The summed E-state index contributed by atoms with van der Waals surface area (Å²) in [5.41, 5.74) is 8.46. The molecule has 0 aliphatic rings. The van der Waals surface area contributed by atoms with E-state index in [-0.39, 0.29) is 0 Å². The van der Waals surface area contributed by atoms with Crippen molar-refractivity contribution < 1.29 is 4.70 Å². The third kappa shape index (κ3) is 13.6. The van der Waals surface area contributed by atoms with Crippen LogP contribution in [0.5, 0.6) is 0 Å². The van der Waals surface area contributed by atoms with Crippen LogP contribution in [-0.2, 0) is 25.7 Å². The van der Waals surface area contributed by atoms with Gasteiger partial charge in [-0.2, -0.15) is 0 Å². The molecule has 0 spiro atoms. The molecule has 2 heteroatoms. The molecule has 0 atom stereocenters. The first kappa shape index (κ1) is 33.0. The minimum absolute atomic E-state index is 1.08. The number of aryl methyl sites for hydroxylation is 3. The molecule has 0 N–H and O–H groups in total. The van der Waals surface area contributed by atoms with E-state index in [4.69, 9.17) is 5.11 Å². The van der Waals surface area contributed by atoms with Gasteiger partial charge in [0.1, 0.15) is 5.69 Å². The Hall–Kier alpha value is -2.22. The molecular weight excluding hydrogens is 472 g/mol. The van der Waals surface area contributed by atoms with Crippen LogP contribution < -0.4 is 0 Å². The van der Waals surface area contributed by atoms with Gasteiger partial charge in [0.15, 0.2) is 13.2 Å². The highest BCUT2D eigenvalue weighted by molar-refractivity contribution is 5.50. The lowest BCUT2D eigenvalue weighted by molar-refractivity contribution is -0.491. The lowest BCUT2D eigenvalue weighted by Gasteiger charge is -2.15. The van der Waals surface area contributed by atoms with Gasteiger partial charge in [0, 0.05) is 6.08 Å². The van der Waals surface area contributed by atoms with Gasteiger partial charge in [-0.25, -0.2) is 0 Å². The minimum Gasteiger partial charge on any atom is -0.0934 e. The molecule has 0 saturated heterocycles. The fraction of sp³-hybridized carbons (Fsp3) is 0.622. The Morgan fingerprint density at radius 3 is 1.92 bits per heavy atom. The maximum atomic E-state index is 5.00. The van der Waals surface area contributed by atoms with Crippen molar-refractivity contribution in [2.45, 2.75) is 143 Å². The van der Waals surface area contributed by atoms with Gasteiger partial charge in [0.05, 0.1) is 0 Å². The number of hydrogen-bond donors (Lipinski definition) is 0. The van der Waals surface area contributed by atoms with Crippen LogP contribution in [0.25, 0.3) is 6.08 Å². The Balaban J connectivity index is 2.14. The molecule has 2 aromatic rings. The number of azo groups is 2. The van der Waals surface area contributed by atoms with Crippen LogP contribution in [-0.4, -0.2) is 11.7 Å². The number of hydrogen-bond acceptors (Lipinski definition) is 1. The van der Waals surface area contributed by atoms with Crippen molar-refractivity contribution in [3.05, 3.63) is 70.4 Å². The minimum atomic E-state index is 1.08. The standard InChI is InChI=1S/C37H59N2/c1-6-10-13-16-17-20-26-37-34(9-4)30-36(31-35(37)25-19-15-12-8-3)38-39(5)28-27-33-24-21-23-32(29-33)22-18-14-11-7-2/h21,23-24,27-31H,6-20,22,25-26H2,1-5H3/q+1. The lowest BCUT2D eigenvalue weighted by atomic mass is 9.91. The van der Waals surface area contributed by atoms with Gasteiger partial charge in [-0.3, -0.25) is 0 Å². The second kappa shape index (κ2) is 20.7. The predicted octanol–water partition coefficient (Wildman–Crippen LogP) is 11.8. The molecule has 0 fully saturated rings. The first-order chi connectivity index (χ1) is 19.1. The molecule has 0 radical (unpaired) electrons. The molecule has 2 nitrogen and oxygen atoms in total. The van der Waals surface area contributed by atoms with E-state index in [1.165, 1.54) is 126 Å². The van der Waals surface area contributed by atoms with E-state index in [0.29, 0.717) is 0 Å². The van der Waals surface area contributed by atoms with Crippen LogP contribution in [0, 0.1) is 0 Å². The second-order valence-electron chi connectivity index (χ2n) is 11.5. The van der Waals surface area contributed by atoms with Crippen molar-refractivity contribution >= 4 is 11.8 Å². The quantitative estimate of drug-likeness (QED) is 0.0864. The van der Waals surface area contributed by atoms with Crippen molar-refractivity contribution in [1.29, 1.82) is 0 Å². The highest BCUT2D eigenvalue weighted by atomic mass is 15.2. The van der Waals surface area contributed by atoms with E-state index in [1.54, 1.807) is 11.1 Å². The summed E-state index contributed by atoms with van der Waals surface area (Å²) < 4.78 is 1.98. The Morgan fingerprint density at radius 2 is 1.23 bits per heavy atom. The number of nitrogens with zero attached hydrogens (tertiary/aromatic N) is 2. The van der Waals surface area contributed by atoms with Crippen molar-refractivity contribution in [3.63, 3.8) is 0 Å². The number of rotatable bonds is 21. The summed E-state index contributed by atoms with van der Waals surface area (Å²) in [4.78, 5) is 0. The van der Waals surface area contributed by atoms with Crippen LogP contribution in [0.2, 0.25) is 0 Å². The molecular formula is C37H59N2+. The fourth-order valence-electron chi connectivity index (χ4n) is 5.54. The fourth-order valence-corrected chi connectivity index (χ4v) is 5.54. The molecule has 39 heavy (non-hydrogen) atoms. The Labute approximate surface area is 242 Å². The molecule has 0 unspecified atom stereocenters. The second-order valence-corrected chi connectivity index (χ2v) is 11.5. The molecule has 2 aromatic carbocycles. The van der Waals surface area contributed by atoms with E-state index in [2.05, 4.69) is 83.4 Å². The molecule has 0 aliphatic heterocycles. The highest BCUT2D eigenvalue weighted by Gasteiger charge is 2.12. The van der Waals surface area contributed by atoms with E-state index < -0.39 is 0 Å². The van der Waals surface area contributed by atoms with Gasteiger partial charge in [0.2, 0.25) is 0 Å². The SMILES string of the molecule is CCCCCCCCc1c(CC)cc(N=[N+](C)C=Cc2cccc(CCCCCC)c2)cc1CCCCCC. The summed E-state index contributed by atoms with van der Waals surface area (Å²) in [6.45, 7) is 9.18. The molecule has 216 valence electrons. The number of benzene rings is 2. The van der Waals surface area contributed by atoms with Crippen molar-refractivity contribution in [2.75, 3.05) is 7.05 Å². The van der Waals surface area contributed by atoms with Gasteiger partial charge in [-0.05, 0) is 90.0 Å². The molecule has 0 bridgehead atoms. The Morgan fingerprint density at radius 1 is 0.641 bits per heavy atom. The summed E-state index contributed by atoms with van der Waals surface area (Å²) >= 11 is 0. The van der Waals surface area contributed by atoms with Crippen LogP contribution in [0.4, 0.5) is 5.69 Å². The molecule has 0 amide bonds. The van der Waals surface area contributed by atoms with Crippen LogP contribution in [0.15, 0.2) is 47.7 Å². The zero-order valence-electron chi connectivity index (χ0n) is 26.2. The third-order valence-corrected chi connectivity index (χ3v) is 7.91. The zero-order valence-corrected chi connectivity index (χ0v) is 26.2. The van der Waals surface area contributed by atoms with Crippen molar-refractivity contribution in [2.24, 2.45) is 5.11 Å². The monoisotopic (exact) mass is 531 g/mol. The third-order valence-electron chi connectivity index (χ3n) is 7.91. The van der Waals surface area contributed by atoms with Crippen LogP contribution in [0.3, 0.4) is 0 Å². The van der Waals surface area contributed by atoms with Gasteiger partial charge in [0.25, 0.3) is 0 Å². The topological polar surface area (TPSA) is 15.4 Å². The highest BCUT2D eigenvalue weighted by Crippen LogP contribution is 2.28. The first-order valence-electron chi connectivity index (χ1n) is 16.5. The van der Waals surface area contributed by atoms with E-state index >= 15 is 0 Å². The maximum Gasteiger partial charge on any atom is 0.196 e. The summed E-state index contributed by atoms with van der Waals surface area (Å²) in [7, 11) is 2.06. The summed E-state index contributed by atoms with van der Waals surface area (Å²) in [6, 6.07) is 13.7. The smallest absolute Gasteiger partial charge is 0.0934 e. The van der Waals surface area contributed by atoms with Gasteiger partial charge >= 0.3 is 0 Å². The van der Waals surface area contributed by atoms with E-state index in [9.17, 15) is 0 Å². The summed E-state index contributed by atoms with van der Waals surface area (Å²) in [6.07, 6.45) is 27.6. The predicted molar refractivity (Wildman–Crippen MR) is 172 cm³/mol. The average molecular weight is 532 g/mol. The summed E-state index contributed by atoms with van der Waals surface area (Å²) in [5, 5.41) is 5.00. The normalized spacial score (nSPS) is 12.1. The zero-order chi connectivity index (χ0) is 28.1. The largest absolute Gasteiger partial charge is 0.196 e. The van der Waals surface area contributed by atoms with Gasteiger partial charge < -0.3 is 0 Å². The van der Waals surface area contributed by atoms with Crippen LogP contribution >= 0.6 is 0 Å². The van der Waals surface area contributed by atoms with Gasteiger partial charge in [-0.1, -0.05) is 127 Å². The molecule has 2 rings (SSSR count). The van der Waals surface area contributed by atoms with Gasteiger partial charge in [-0.15, -0.1) is 0 Å². The van der Waals surface area contributed by atoms with E-state index in [0.717, 1.165) is 12.1 Å². The number of unbranched alkanes of at least 4 members (excludes halogenated alkanes) is 11. The first-order valence-corrected chi connectivity index (χ1v) is 16.5. The molecule has 0 saturated carbocycles. The Kier molecular flexibility index (Phi) is 17.5. The van der Waals surface area contributed by atoms with Crippen molar-refractivity contribution in [3.8, 4) is 0 Å². The molecule has 0 aromatic heterocycles. The molecule has 0 heterocycles. The van der Waals surface area contributed by atoms with E-state index in [1.807, 2.05) is 4.70 Å². The van der Waals surface area contributed by atoms with Crippen molar-refractivity contribution in [1.82, 2.24) is 0 Å². The maximum absolute atomic E-state index is 5.00. The average Bonchev–Trinajstić information content (AvgIpc) is 2.95. The Bertz CT molecular complexity index is 985. The molecule has 0 aliphatic carbocycles.